The third-order valence-corrected chi connectivity index (χ3v) is 5.36. The maximum absolute atomic E-state index is 13.3. The van der Waals surface area contributed by atoms with Gasteiger partial charge in [-0.15, -0.1) is 0 Å². The fourth-order valence-corrected chi connectivity index (χ4v) is 4.04. The van der Waals surface area contributed by atoms with Gasteiger partial charge in [-0.1, -0.05) is 43.3 Å². The number of nitrogens with zero attached hydrogens (tertiary/aromatic N) is 1. The van der Waals surface area contributed by atoms with E-state index in [1.54, 1.807) is 6.07 Å². The van der Waals surface area contributed by atoms with Gasteiger partial charge in [0, 0.05) is 24.9 Å². The van der Waals surface area contributed by atoms with Crippen LogP contribution in [0, 0.1) is 11.6 Å². The van der Waals surface area contributed by atoms with Crippen LogP contribution in [0.3, 0.4) is 0 Å². The zero-order chi connectivity index (χ0) is 18.5. The van der Waals surface area contributed by atoms with Gasteiger partial charge in [-0.2, -0.15) is 0 Å². The summed E-state index contributed by atoms with van der Waals surface area (Å²) in [4.78, 5) is 14.8. The topological polar surface area (TPSA) is 20.3 Å². The van der Waals surface area contributed by atoms with E-state index in [9.17, 15) is 13.6 Å². The lowest BCUT2D eigenvalue weighted by molar-refractivity contribution is -0.132. The fraction of sp³-hybridized carbons (Fsp3) is 0.409. The average molecular weight is 357 g/mol. The first kappa shape index (κ1) is 18.6. The maximum Gasteiger partial charge on any atom is 0.223 e. The molecule has 0 aromatic heterocycles. The molecular formula is C22H25F2NO. The highest BCUT2D eigenvalue weighted by atomic mass is 19.2. The molecule has 1 aliphatic heterocycles. The minimum absolute atomic E-state index is 0.103. The quantitative estimate of drug-likeness (QED) is 0.706. The van der Waals surface area contributed by atoms with Crippen molar-refractivity contribution < 1.29 is 13.6 Å². The van der Waals surface area contributed by atoms with Crippen LogP contribution in [-0.2, 0) is 11.2 Å². The summed E-state index contributed by atoms with van der Waals surface area (Å²) in [6.07, 6.45) is 3.78. The second-order valence-electron chi connectivity index (χ2n) is 6.97. The molecule has 4 heteroatoms. The van der Waals surface area contributed by atoms with Crippen LogP contribution in [0.1, 0.15) is 49.7 Å². The van der Waals surface area contributed by atoms with Gasteiger partial charge in [-0.3, -0.25) is 4.79 Å². The molecule has 0 aliphatic carbocycles. The summed E-state index contributed by atoms with van der Waals surface area (Å²) in [6, 6.07) is 14.4. The highest BCUT2D eigenvalue weighted by Gasteiger charge is 2.34. The number of carbonyl (C=O) groups excluding carboxylic acids is 1. The van der Waals surface area contributed by atoms with Gasteiger partial charge in [0.15, 0.2) is 11.6 Å². The molecule has 2 aromatic carbocycles. The number of carbonyl (C=O) groups is 1. The van der Waals surface area contributed by atoms with Crippen LogP contribution in [0.15, 0.2) is 48.5 Å². The van der Waals surface area contributed by atoms with Crippen LogP contribution in [-0.4, -0.2) is 23.4 Å². The Morgan fingerprint density at radius 3 is 2.62 bits per heavy atom. The van der Waals surface area contributed by atoms with Crippen LogP contribution in [0.25, 0.3) is 0 Å². The van der Waals surface area contributed by atoms with E-state index in [2.05, 4.69) is 19.1 Å². The predicted molar refractivity (Wildman–Crippen MR) is 98.9 cm³/mol. The molecule has 0 saturated carbocycles. The molecule has 1 aliphatic rings. The summed E-state index contributed by atoms with van der Waals surface area (Å²) in [5.41, 5.74) is 1.93. The summed E-state index contributed by atoms with van der Waals surface area (Å²) >= 11 is 0. The molecule has 26 heavy (non-hydrogen) atoms. The summed E-state index contributed by atoms with van der Waals surface area (Å²) in [5, 5.41) is 0. The number of benzene rings is 2. The Morgan fingerprint density at radius 2 is 1.92 bits per heavy atom. The van der Waals surface area contributed by atoms with Gasteiger partial charge in [0.1, 0.15) is 0 Å². The average Bonchev–Trinajstić information content (AvgIpc) is 3.13. The molecule has 0 spiro atoms. The maximum atomic E-state index is 13.3. The minimum atomic E-state index is -0.857. The van der Waals surface area contributed by atoms with Crippen molar-refractivity contribution in [2.75, 3.05) is 6.54 Å². The normalized spacial score (nSPS) is 18.1. The Balaban J connectivity index is 1.66. The van der Waals surface area contributed by atoms with Crippen molar-refractivity contribution in [1.82, 2.24) is 4.90 Å². The Morgan fingerprint density at radius 1 is 1.15 bits per heavy atom. The Labute approximate surface area is 153 Å². The number of rotatable bonds is 6. The van der Waals surface area contributed by atoms with Gasteiger partial charge in [0.25, 0.3) is 0 Å². The molecule has 1 heterocycles. The highest BCUT2D eigenvalue weighted by molar-refractivity contribution is 5.77. The van der Waals surface area contributed by atoms with Crippen molar-refractivity contribution in [1.29, 1.82) is 0 Å². The second-order valence-corrected chi connectivity index (χ2v) is 6.97. The van der Waals surface area contributed by atoms with E-state index < -0.39 is 11.6 Å². The largest absolute Gasteiger partial charge is 0.339 e. The van der Waals surface area contributed by atoms with Crippen molar-refractivity contribution in [2.24, 2.45) is 0 Å². The lowest BCUT2D eigenvalue weighted by atomic mass is 9.87. The van der Waals surface area contributed by atoms with Crippen LogP contribution < -0.4 is 0 Å². The van der Waals surface area contributed by atoms with E-state index in [-0.39, 0.29) is 11.9 Å². The van der Waals surface area contributed by atoms with Gasteiger partial charge in [-0.05, 0) is 48.9 Å². The van der Waals surface area contributed by atoms with Gasteiger partial charge >= 0.3 is 0 Å². The zero-order valence-corrected chi connectivity index (χ0v) is 15.1. The summed E-state index contributed by atoms with van der Waals surface area (Å²) in [7, 11) is 0. The zero-order valence-electron chi connectivity index (χ0n) is 15.1. The number of halogens is 2. The molecule has 0 unspecified atom stereocenters. The Hall–Kier alpha value is -2.23. The van der Waals surface area contributed by atoms with Crippen LogP contribution in [0.2, 0.25) is 0 Å². The molecule has 3 rings (SSSR count). The van der Waals surface area contributed by atoms with Gasteiger partial charge < -0.3 is 4.90 Å². The number of aryl methyl sites for hydroxylation is 1. The molecule has 2 aromatic rings. The lowest BCUT2D eigenvalue weighted by Crippen LogP contribution is -2.39. The summed E-state index contributed by atoms with van der Waals surface area (Å²) in [5.74, 6) is -1.27. The number of likely N-dealkylation sites (tertiary alicyclic amines) is 1. The van der Waals surface area contributed by atoms with E-state index in [1.165, 1.54) is 11.6 Å². The first-order valence-corrected chi connectivity index (χ1v) is 9.38. The van der Waals surface area contributed by atoms with E-state index in [4.69, 9.17) is 0 Å². The minimum Gasteiger partial charge on any atom is -0.339 e. The molecule has 138 valence electrons. The molecule has 0 bridgehead atoms. The highest BCUT2D eigenvalue weighted by Crippen LogP contribution is 2.34. The van der Waals surface area contributed by atoms with Crippen molar-refractivity contribution in [2.45, 2.75) is 51.0 Å². The summed E-state index contributed by atoms with van der Waals surface area (Å²) in [6.45, 7) is 2.95. The monoisotopic (exact) mass is 357 g/mol. The number of amides is 1. The van der Waals surface area contributed by atoms with E-state index >= 15 is 0 Å². The fourth-order valence-electron chi connectivity index (χ4n) is 4.04. The first-order valence-electron chi connectivity index (χ1n) is 9.38. The number of hydrogen-bond donors (Lipinski definition) is 0. The van der Waals surface area contributed by atoms with Crippen molar-refractivity contribution >= 4 is 5.91 Å². The smallest absolute Gasteiger partial charge is 0.223 e. The van der Waals surface area contributed by atoms with Crippen LogP contribution >= 0.6 is 0 Å². The SMILES string of the molecule is CC[C@@H](c1ccccc1)[C@@H]1CCCN1C(=O)CCc1ccc(F)c(F)c1. The predicted octanol–water partition coefficient (Wildman–Crippen LogP) is 5.08. The first-order chi connectivity index (χ1) is 12.6. The number of hydrogen-bond acceptors (Lipinski definition) is 1. The van der Waals surface area contributed by atoms with Gasteiger partial charge in [0.05, 0.1) is 0 Å². The van der Waals surface area contributed by atoms with Gasteiger partial charge in [-0.25, -0.2) is 8.78 Å². The third kappa shape index (κ3) is 4.12. The molecule has 2 nitrogen and oxygen atoms in total. The third-order valence-electron chi connectivity index (χ3n) is 5.36. The van der Waals surface area contributed by atoms with E-state index in [1.807, 2.05) is 23.1 Å². The molecule has 0 N–H and O–H groups in total. The molecule has 1 saturated heterocycles. The van der Waals surface area contributed by atoms with Crippen molar-refractivity contribution in [3.05, 3.63) is 71.3 Å². The van der Waals surface area contributed by atoms with Crippen LogP contribution in [0.5, 0.6) is 0 Å². The lowest BCUT2D eigenvalue weighted by Gasteiger charge is -2.32. The van der Waals surface area contributed by atoms with Crippen molar-refractivity contribution in [3.8, 4) is 0 Å². The summed E-state index contributed by atoms with van der Waals surface area (Å²) < 4.78 is 26.4. The molecule has 1 fully saturated rings. The molecule has 0 radical (unpaired) electrons. The van der Waals surface area contributed by atoms with Gasteiger partial charge in [0.2, 0.25) is 5.91 Å². The van der Waals surface area contributed by atoms with Crippen LogP contribution in [0.4, 0.5) is 8.78 Å². The molecule has 1 amide bonds. The van der Waals surface area contributed by atoms with E-state index in [0.29, 0.717) is 24.3 Å². The second kappa shape index (κ2) is 8.43. The van der Waals surface area contributed by atoms with Crippen molar-refractivity contribution in [3.63, 3.8) is 0 Å². The Kier molecular flexibility index (Phi) is 6.02. The molecule has 2 atom stereocenters. The standard InChI is InChI=1S/C22H25F2NO/c1-2-18(17-7-4-3-5-8-17)21-9-6-14-25(21)22(26)13-11-16-10-12-19(23)20(24)15-16/h3-5,7-8,10,12,15,18,21H,2,6,9,11,13-14H2,1H3/t18-,21-/m0/s1. The molecular weight excluding hydrogens is 332 g/mol. The Bertz CT molecular complexity index is 747. The van der Waals surface area contributed by atoms with E-state index in [0.717, 1.165) is 31.9 Å².